The molecular weight excluding hydrogens is 368 g/mol. The third kappa shape index (κ3) is 3.60. The van der Waals surface area contributed by atoms with Crippen LogP contribution in [-0.2, 0) is 22.4 Å². The van der Waals surface area contributed by atoms with Gasteiger partial charge in [-0.1, -0.05) is 24.3 Å². The van der Waals surface area contributed by atoms with Crippen LogP contribution in [0.4, 0.5) is 5.82 Å². The summed E-state index contributed by atoms with van der Waals surface area (Å²) in [6.07, 6.45) is 2.50. The molecule has 0 unspecified atom stereocenters. The fraction of sp³-hybridized carbons (Fsp3) is 0.500. The average molecular weight is 394 g/mol. The van der Waals surface area contributed by atoms with Crippen molar-refractivity contribution in [2.45, 2.75) is 38.5 Å². The molecule has 2 fully saturated rings. The second-order valence-electron chi connectivity index (χ2n) is 8.00. The molecule has 3 aliphatic rings. The first-order valence-electron chi connectivity index (χ1n) is 10.4. The molecule has 2 saturated heterocycles. The van der Waals surface area contributed by atoms with Crippen LogP contribution in [0.3, 0.4) is 0 Å². The lowest BCUT2D eigenvalue weighted by Gasteiger charge is -2.38. The van der Waals surface area contributed by atoms with Gasteiger partial charge in [-0.3, -0.25) is 4.79 Å². The minimum atomic E-state index is -0.418. The summed E-state index contributed by atoms with van der Waals surface area (Å²) >= 11 is 0. The minimum absolute atomic E-state index is 0.0257. The molecule has 0 bridgehead atoms. The van der Waals surface area contributed by atoms with Gasteiger partial charge in [0.15, 0.2) is 5.79 Å². The maximum Gasteiger partial charge on any atom is 0.272 e. The zero-order chi connectivity index (χ0) is 19.8. The number of carbonyl (C=O) groups is 1. The number of aryl methyl sites for hydroxylation is 1. The molecule has 7 nitrogen and oxygen atoms in total. The van der Waals surface area contributed by atoms with E-state index in [9.17, 15) is 4.79 Å². The Balaban J connectivity index is 1.33. The van der Waals surface area contributed by atoms with Gasteiger partial charge < -0.3 is 19.3 Å². The van der Waals surface area contributed by atoms with Crippen LogP contribution < -0.4 is 4.90 Å². The highest BCUT2D eigenvalue weighted by molar-refractivity contribution is 5.93. The maximum absolute atomic E-state index is 13.2. The number of carbonyl (C=O) groups excluding carboxylic acids is 1. The molecule has 29 heavy (non-hydrogen) atoms. The van der Waals surface area contributed by atoms with Gasteiger partial charge in [-0.15, -0.1) is 0 Å². The Labute approximate surface area is 170 Å². The van der Waals surface area contributed by atoms with E-state index < -0.39 is 5.79 Å². The van der Waals surface area contributed by atoms with Crippen molar-refractivity contribution in [3.63, 3.8) is 0 Å². The summed E-state index contributed by atoms with van der Waals surface area (Å²) in [7, 11) is 0. The van der Waals surface area contributed by atoms with Crippen molar-refractivity contribution in [1.29, 1.82) is 0 Å². The zero-order valence-electron chi connectivity index (χ0n) is 16.8. The molecule has 2 aromatic rings. The normalized spacial score (nSPS) is 20.7. The van der Waals surface area contributed by atoms with Crippen molar-refractivity contribution in [3.8, 4) is 0 Å². The Kier molecular flexibility index (Phi) is 4.72. The summed E-state index contributed by atoms with van der Waals surface area (Å²) in [5.74, 6) is 0.989. The lowest BCUT2D eigenvalue weighted by molar-refractivity contribution is -0.169. The monoisotopic (exact) mass is 394 g/mol. The molecule has 0 saturated carbocycles. The Morgan fingerprint density at radius 1 is 1.03 bits per heavy atom. The number of anilines is 1. The molecule has 1 amide bonds. The lowest BCUT2D eigenvalue weighted by atomic mass is 10.00. The molecule has 5 rings (SSSR count). The maximum atomic E-state index is 13.2. The molecule has 4 heterocycles. The quantitative estimate of drug-likeness (QED) is 0.779. The second kappa shape index (κ2) is 7.39. The number of hydrogen-bond donors (Lipinski definition) is 0. The highest BCUT2D eigenvalue weighted by Crippen LogP contribution is 2.33. The van der Waals surface area contributed by atoms with Crippen molar-refractivity contribution in [2.75, 3.05) is 37.7 Å². The number of rotatable bonds is 2. The number of ether oxygens (including phenoxy) is 2. The Morgan fingerprint density at radius 3 is 2.52 bits per heavy atom. The summed E-state index contributed by atoms with van der Waals surface area (Å²) in [5, 5.41) is 0. The van der Waals surface area contributed by atoms with Crippen LogP contribution in [0.5, 0.6) is 0 Å². The largest absolute Gasteiger partial charge is 0.356 e. The summed E-state index contributed by atoms with van der Waals surface area (Å²) in [6.45, 7) is 6.13. The highest BCUT2D eigenvalue weighted by atomic mass is 16.7. The van der Waals surface area contributed by atoms with Gasteiger partial charge in [-0.2, -0.15) is 0 Å². The van der Waals surface area contributed by atoms with Crippen LogP contribution in [0.15, 0.2) is 30.3 Å². The molecule has 1 aromatic carbocycles. The van der Waals surface area contributed by atoms with Crippen LogP contribution >= 0.6 is 0 Å². The van der Waals surface area contributed by atoms with E-state index in [1.807, 2.05) is 24.0 Å². The van der Waals surface area contributed by atoms with E-state index in [-0.39, 0.29) is 5.91 Å². The fourth-order valence-electron chi connectivity index (χ4n) is 4.52. The molecule has 0 aliphatic carbocycles. The molecule has 1 spiro atoms. The molecule has 0 radical (unpaired) electrons. The predicted octanol–water partition coefficient (Wildman–Crippen LogP) is 2.33. The Bertz CT molecular complexity index is 916. The Morgan fingerprint density at radius 2 is 1.76 bits per heavy atom. The second-order valence-corrected chi connectivity index (χ2v) is 8.00. The SMILES string of the molecule is Cc1nc(C(=O)N2CCc3ccccc3C2)cc(N2CCC3(CC2)OCCO3)n1. The topological polar surface area (TPSA) is 67.8 Å². The molecule has 1 aromatic heterocycles. The van der Waals surface area contributed by atoms with E-state index >= 15 is 0 Å². The first-order valence-corrected chi connectivity index (χ1v) is 10.4. The van der Waals surface area contributed by atoms with E-state index in [1.54, 1.807) is 0 Å². The van der Waals surface area contributed by atoms with E-state index in [0.717, 1.165) is 44.7 Å². The van der Waals surface area contributed by atoms with Crippen LogP contribution in [0.2, 0.25) is 0 Å². The number of hydrogen-bond acceptors (Lipinski definition) is 6. The Hall–Kier alpha value is -2.51. The van der Waals surface area contributed by atoms with Crippen molar-refractivity contribution >= 4 is 11.7 Å². The number of fused-ring (bicyclic) bond motifs is 1. The predicted molar refractivity (Wildman–Crippen MR) is 108 cm³/mol. The molecule has 152 valence electrons. The molecule has 0 atom stereocenters. The molecule has 3 aliphatic heterocycles. The third-order valence-corrected chi connectivity index (χ3v) is 6.12. The summed E-state index contributed by atoms with van der Waals surface area (Å²) in [6, 6.07) is 10.2. The smallest absolute Gasteiger partial charge is 0.272 e. The van der Waals surface area contributed by atoms with Crippen molar-refractivity contribution in [3.05, 3.63) is 53.0 Å². The van der Waals surface area contributed by atoms with E-state index in [0.29, 0.717) is 31.3 Å². The van der Waals surface area contributed by atoms with Crippen LogP contribution in [0.25, 0.3) is 0 Å². The number of aromatic nitrogens is 2. The van der Waals surface area contributed by atoms with Gasteiger partial charge >= 0.3 is 0 Å². The summed E-state index contributed by atoms with van der Waals surface area (Å²) in [4.78, 5) is 26.3. The van der Waals surface area contributed by atoms with Crippen molar-refractivity contribution in [2.24, 2.45) is 0 Å². The van der Waals surface area contributed by atoms with Gasteiger partial charge in [0.1, 0.15) is 17.3 Å². The third-order valence-electron chi connectivity index (χ3n) is 6.12. The van der Waals surface area contributed by atoms with E-state index in [2.05, 4.69) is 33.1 Å². The van der Waals surface area contributed by atoms with E-state index in [1.165, 1.54) is 11.1 Å². The highest BCUT2D eigenvalue weighted by Gasteiger charge is 2.40. The zero-order valence-corrected chi connectivity index (χ0v) is 16.8. The van der Waals surface area contributed by atoms with E-state index in [4.69, 9.17) is 9.47 Å². The van der Waals surface area contributed by atoms with Gasteiger partial charge in [-0.05, 0) is 24.5 Å². The minimum Gasteiger partial charge on any atom is -0.356 e. The van der Waals surface area contributed by atoms with Crippen LogP contribution in [0, 0.1) is 6.92 Å². The van der Waals surface area contributed by atoms with Gasteiger partial charge in [0, 0.05) is 45.1 Å². The fourth-order valence-corrected chi connectivity index (χ4v) is 4.52. The number of piperidine rings is 1. The summed E-state index contributed by atoms with van der Waals surface area (Å²) < 4.78 is 11.6. The number of benzene rings is 1. The van der Waals surface area contributed by atoms with Crippen molar-refractivity contribution < 1.29 is 14.3 Å². The van der Waals surface area contributed by atoms with Gasteiger partial charge in [0.2, 0.25) is 0 Å². The van der Waals surface area contributed by atoms with Crippen molar-refractivity contribution in [1.82, 2.24) is 14.9 Å². The first kappa shape index (κ1) is 18.5. The van der Waals surface area contributed by atoms with Gasteiger partial charge in [-0.25, -0.2) is 9.97 Å². The first-order chi connectivity index (χ1) is 14.1. The van der Waals surface area contributed by atoms with Gasteiger partial charge in [0.25, 0.3) is 5.91 Å². The van der Waals surface area contributed by atoms with Crippen LogP contribution in [0.1, 0.15) is 40.3 Å². The summed E-state index contributed by atoms with van der Waals surface area (Å²) in [5.41, 5.74) is 3.02. The molecular formula is C22H26N4O3. The molecule has 7 heteroatoms. The standard InChI is InChI=1S/C22H26N4O3/c1-16-23-19(21(27)26-9-6-17-4-2-3-5-18(17)15-26)14-20(24-16)25-10-7-22(8-11-25)28-12-13-29-22/h2-5,14H,6-13,15H2,1H3. The van der Waals surface area contributed by atoms with Gasteiger partial charge in [0.05, 0.1) is 13.2 Å². The lowest BCUT2D eigenvalue weighted by Crippen LogP contribution is -2.45. The average Bonchev–Trinajstić information content (AvgIpc) is 3.21. The number of amides is 1. The number of nitrogens with zero attached hydrogens (tertiary/aromatic N) is 4. The molecule has 0 N–H and O–H groups in total. The van der Waals surface area contributed by atoms with Crippen LogP contribution in [-0.4, -0.2) is 59.4 Å².